The van der Waals surface area contributed by atoms with E-state index in [2.05, 4.69) is 15.2 Å². The Morgan fingerprint density at radius 2 is 1.94 bits per heavy atom. The number of carbonyl (C=O) groups is 1. The normalized spacial score (nSPS) is 25.0. The summed E-state index contributed by atoms with van der Waals surface area (Å²) in [5.41, 5.74) is -0.736. The van der Waals surface area contributed by atoms with Crippen molar-refractivity contribution in [2.75, 3.05) is 45.0 Å². The highest BCUT2D eigenvalue weighted by Gasteiger charge is 2.50. The topological polar surface area (TPSA) is 89.0 Å². The van der Waals surface area contributed by atoms with Crippen LogP contribution in [0.1, 0.15) is 44.6 Å². The average molecular weight is 680 g/mol. The Balaban J connectivity index is 1.33. The molecule has 3 aromatic carbocycles. The lowest BCUT2D eigenvalue weighted by Crippen LogP contribution is -2.56. The van der Waals surface area contributed by atoms with Crippen molar-refractivity contribution < 1.29 is 36.6 Å². The number of piperazine rings is 1. The maximum absolute atomic E-state index is 17.2. The van der Waals surface area contributed by atoms with Crippen LogP contribution in [0, 0.1) is 17.5 Å². The summed E-state index contributed by atoms with van der Waals surface area (Å²) in [5.74, 6) is -2.10. The van der Waals surface area contributed by atoms with E-state index in [1.807, 2.05) is 4.90 Å². The monoisotopic (exact) mass is 679 g/mol. The number of ether oxygens (including phenoxy) is 3. The summed E-state index contributed by atoms with van der Waals surface area (Å²) in [5, 5.41) is 3.88. The summed E-state index contributed by atoms with van der Waals surface area (Å²) < 4.78 is 80.4. The van der Waals surface area contributed by atoms with Crippen LogP contribution in [-0.4, -0.2) is 84.7 Å². The number of alkyl halides is 1. The van der Waals surface area contributed by atoms with E-state index in [9.17, 15) is 9.18 Å². The van der Waals surface area contributed by atoms with Crippen molar-refractivity contribution in [3.63, 3.8) is 0 Å². The zero-order chi connectivity index (χ0) is 34.0. The number of amides is 1. The second-order valence-corrected chi connectivity index (χ2v) is 13.5. The predicted molar refractivity (Wildman–Crippen MR) is 175 cm³/mol. The standard InChI is InChI=1S/C36H37F4N5O4/c1-3-23-26(38)7-5-19-11-22(49-18-47-2)12-24(29(19)23)30-27(39)13-25-32(31(30)40)42-35(48-17-36-9-4-10-44(36)16-20(37)14-36)43-33(25)45-21-6-8-28(45)34(46)41-15-21/h5,7,11-13,20-21,28H,3-4,6,8-10,14-18H2,1-2H3,(H,41,46)/t20-,21?,28?,36+/m1/s1. The number of benzene rings is 3. The molecule has 4 aliphatic rings. The smallest absolute Gasteiger partial charge is 0.319 e. The Labute approximate surface area is 280 Å². The van der Waals surface area contributed by atoms with Gasteiger partial charge in [0.15, 0.2) is 12.6 Å². The molecular formula is C36H37F4N5O4. The van der Waals surface area contributed by atoms with Gasteiger partial charge in [-0.2, -0.15) is 9.97 Å². The first kappa shape index (κ1) is 32.0. The van der Waals surface area contributed by atoms with E-state index in [-0.39, 0.29) is 65.8 Å². The molecule has 9 nitrogen and oxygen atoms in total. The van der Waals surface area contributed by atoms with E-state index >= 15 is 13.2 Å². The van der Waals surface area contributed by atoms with Crippen LogP contribution in [-0.2, 0) is 16.0 Å². The molecule has 13 heteroatoms. The fraction of sp³-hybridized carbons (Fsp3) is 0.472. The summed E-state index contributed by atoms with van der Waals surface area (Å²) in [6.45, 7) is 3.22. The van der Waals surface area contributed by atoms with Crippen LogP contribution in [0.25, 0.3) is 32.8 Å². The number of nitrogens with one attached hydrogen (secondary N) is 1. The summed E-state index contributed by atoms with van der Waals surface area (Å²) in [7, 11) is 1.46. The molecule has 2 bridgehead atoms. The predicted octanol–water partition coefficient (Wildman–Crippen LogP) is 5.83. The lowest BCUT2D eigenvalue weighted by Gasteiger charge is -2.36. The third-order valence-electron chi connectivity index (χ3n) is 10.7. The Kier molecular flexibility index (Phi) is 8.02. The molecule has 0 radical (unpaired) electrons. The van der Waals surface area contributed by atoms with E-state index in [0.29, 0.717) is 48.7 Å². The summed E-state index contributed by atoms with van der Waals surface area (Å²) >= 11 is 0. The third kappa shape index (κ3) is 5.24. The number of anilines is 1. The Morgan fingerprint density at radius 3 is 2.76 bits per heavy atom. The molecule has 1 aromatic heterocycles. The van der Waals surface area contributed by atoms with Gasteiger partial charge in [0.25, 0.3) is 0 Å². The van der Waals surface area contributed by atoms with Crippen LogP contribution in [0.15, 0.2) is 30.3 Å². The lowest BCUT2D eigenvalue weighted by molar-refractivity contribution is -0.122. The molecule has 4 atom stereocenters. The molecule has 0 spiro atoms. The first-order valence-corrected chi connectivity index (χ1v) is 16.9. The number of rotatable bonds is 9. The zero-order valence-electron chi connectivity index (χ0n) is 27.3. The number of aromatic nitrogens is 2. The summed E-state index contributed by atoms with van der Waals surface area (Å²) in [6.07, 6.45) is 2.52. The van der Waals surface area contributed by atoms with Gasteiger partial charge >= 0.3 is 6.01 Å². The molecule has 4 saturated heterocycles. The van der Waals surface area contributed by atoms with Crippen LogP contribution in [0.3, 0.4) is 0 Å². The van der Waals surface area contributed by atoms with Gasteiger partial charge in [-0.3, -0.25) is 9.69 Å². The second kappa shape index (κ2) is 12.3. The van der Waals surface area contributed by atoms with Crippen LogP contribution >= 0.6 is 0 Å². The minimum Gasteiger partial charge on any atom is -0.468 e. The number of halogens is 4. The highest BCUT2D eigenvalue weighted by molar-refractivity contribution is 6.03. The van der Waals surface area contributed by atoms with Crippen LogP contribution in [0.4, 0.5) is 23.4 Å². The van der Waals surface area contributed by atoms with Crippen molar-refractivity contribution in [1.29, 1.82) is 0 Å². The van der Waals surface area contributed by atoms with Crippen LogP contribution < -0.4 is 19.7 Å². The molecule has 0 saturated carbocycles. The van der Waals surface area contributed by atoms with Gasteiger partial charge in [0, 0.05) is 38.0 Å². The molecule has 4 fully saturated rings. The fourth-order valence-electron chi connectivity index (χ4n) is 8.55. The van der Waals surface area contributed by atoms with Gasteiger partial charge in [0.2, 0.25) is 5.91 Å². The number of aryl methyl sites for hydroxylation is 1. The van der Waals surface area contributed by atoms with Gasteiger partial charge in [-0.1, -0.05) is 13.0 Å². The van der Waals surface area contributed by atoms with E-state index in [0.717, 1.165) is 19.4 Å². The minimum atomic E-state index is -0.987. The fourth-order valence-corrected chi connectivity index (χ4v) is 8.55. The van der Waals surface area contributed by atoms with Crippen molar-refractivity contribution >= 4 is 33.4 Å². The van der Waals surface area contributed by atoms with Gasteiger partial charge in [-0.25, -0.2) is 17.6 Å². The molecule has 5 heterocycles. The number of fused-ring (bicyclic) bond motifs is 5. The molecule has 2 unspecified atom stereocenters. The van der Waals surface area contributed by atoms with E-state index < -0.39 is 40.8 Å². The summed E-state index contributed by atoms with van der Waals surface area (Å²) in [6, 6.07) is 6.34. The number of methoxy groups -OCH3 is 1. The maximum atomic E-state index is 17.2. The largest absolute Gasteiger partial charge is 0.468 e. The molecule has 8 rings (SSSR count). The minimum absolute atomic E-state index is 0.0843. The highest BCUT2D eigenvalue weighted by Crippen LogP contribution is 2.44. The maximum Gasteiger partial charge on any atom is 0.319 e. The second-order valence-electron chi connectivity index (χ2n) is 13.5. The number of nitrogens with zero attached hydrogens (tertiary/aromatic N) is 4. The van der Waals surface area contributed by atoms with Gasteiger partial charge in [0.1, 0.15) is 47.5 Å². The molecule has 1 amide bonds. The van der Waals surface area contributed by atoms with Gasteiger partial charge in [0.05, 0.1) is 11.1 Å². The molecule has 1 N–H and O–H groups in total. The number of hydrogen-bond donors (Lipinski definition) is 1. The van der Waals surface area contributed by atoms with Crippen molar-refractivity contribution in [2.24, 2.45) is 0 Å². The van der Waals surface area contributed by atoms with Gasteiger partial charge in [-0.15, -0.1) is 0 Å². The number of carbonyl (C=O) groups excluding carboxylic acids is 1. The van der Waals surface area contributed by atoms with E-state index in [4.69, 9.17) is 19.2 Å². The first-order chi connectivity index (χ1) is 23.7. The first-order valence-electron chi connectivity index (χ1n) is 16.9. The third-order valence-corrected chi connectivity index (χ3v) is 10.7. The Morgan fingerprint density at radius 1 is 1.08 bits per heavy atom. The van der Waals surface area contributed by atoms with Crippen molar-refractivity contribution in [3.8, 4) is 22.9 Å². The van der Waals surface area contributed by atoms with Gasteiger partial charge < -0.3 is 24.4 Å². The highest BCUT2D eigenvalue weighted by atomic mass is 19.1. The Bertz CT molecular complexity index is 1980. The van der Waals surface area contributed by atoms with Crippen molar-refractivity contribution in [3.05, 3.63) is 53.3 Å². The number of hydrogen-bond acceptors (Lipinski definition) is 8. The SMILES string of the molecule is CCc1c(F)ccc2cc(OCOC)cc(-c3c(F)cc4c(N5C6CCC5C(=O)NC6)nc(OC[C@@]56CCCN5C[C@H](F)C6)nc4c3F)c12. The quantitative estimate of drug-likeness (QED) is 0.175. The molecule has 49 heavy (non-hydrogen) atoms. The Hall–Kier alpha value is -4.23. The van der Waals surface area contributed by atoms with E-state index in [1.54, 1.807) is 19.1 Å². The zero-order valence-corrected chi connectivity index (χ0v) is 27.3. The van der Waals surface area contributed by atoms with Crippen LogP contribution in [0.5, 0.6) is 11.8 Å². The molecule has 4 aromatic rings. The molecular weight excluding hydrogens is 642 g/mol. The summed E-state index contributed by atoms with van der Waals surface area (Å²) in [4.78, 5) is 26.1. The average Bonchev–Trinajstić information content (AvgIpc) is 3.73. The van der Waals surface area contributed by atoms with Crippen LogP contribution in [0.2, 0.25) is 0 Å². The van der Waals surface area contributed by atoms with Gasteiger partial charge in [-0.05, 0) is 84.8 Å². The lowest BCUT2D eigenvalue weighted by atomic mass is 9.91. The molecule has 0 aliphatic carbocycles. The molecule has 4 aliphatic heterocycles. The van der Waals surface area contributed by atoms with Crippen molar-refractivity contribution in [2.45, 2.75) is 69.2 Å². The van der Waals surface area contributed by atoms with E-state index in [1.165, 1.54) is 25.3 Å². The molecule has 258 valence electrons. The van der Waals surface area contributed by atoms with Crippen molar-refractivity contribution in [1.82, 2.24) is 20.2 Å².